The predicted octanol–water partition coefficient (Wildman–Crippen LogP) is 2.93. The Morgan fingerprint density at radius 1 is 1.05 bits per heavy atom. The molecule has 1 aromatic heterocycles. The van der Waals surface area contributed by atoms with E-state index in [1.54, 1.807) is 14.0 Å². The lowest BCUT2D eigenvalue weighted by molar-refractivity contribution is -0.149. The summed E-state index contributed by atoms with van der Waals surface area (Å²) in [6.07, 6.45) is -0.561. The van der Waals surface area contributed by atoms with E-state index in [2.05, 4.69) is 4.90 Å². The summed E-state index contributed by atoms with van der Waals surface area (Å²) in [5.41, 5.74) is 1.74. The number of carboxylic acid groups (broad SMARTS) is 1. The summed E-state index contributed by atoms with van der Waals surface area (Å²) < 4.78 is 22.0. The fourth-order valence-corrected chi connectivity index (χ4v) is 4.05. The highest BCUT2D eigenvalue weighted by molar-refractivity contribution is 5.72. The summed E-state index contributed by atoms with van der Waals surface area (Å²) in [6, 6.07) is 15.0. The molecule has 1 saturated heterocycles. The molecule has 11 heteroatoms. The number of aliphatic carboxylic acids is 1. The third-order valence-corrected chi connectivity index (χ3v) is 6.28. The molecule has 0 spiro atoms. The van der Waals surface area contributed by atoms with Crippen molar-refractivity contribution >= 4 is 17.9 Å². The minimum atomic E-state index is -0.967. The van der Waals surface area contributed by atoms with Gasteiger partial charge in [0.2, 0.25) is 11.9 Å². The molecule has 1 N–H and O–H groups in total. The quantitative estimate of drug-likeness (QED) is 0.347. The monoisotopic (exact) mass is 537 g/mol. The number of hydrogen-bond acceptors (Lipinski definition) is 10. The number of rotatable bonds is 13. The van der Waals surface area contributed by atoms with Crippen molar-refractivity contribution in [1.29, 1.82) is 0 Å². The SMILES string of the molecule is CCOC(Cc1ccc(OCCN(C)c2nc(-c3ccc(OC)cc3)nc(N3CCOCC3)n2)cc1)C(=O)O. The van der Waals surface area contributed by atoms with Crippen molar-refractivity contribution in [3.8, 4) is 22.9 Å². The van der Waals surface area contributed by atoms with E-state index in [0.717, 1.165) is 16.9 Å². The number of likely N-dealkylation sites (N-methyl/N-ethyl adjacent to an activating group) is 1. The fourth-order valence-electron chi connectivity index (χ4n) is 4.05. The Bertz CT molecular complexity index is 1200. The topological polar surface area (TPSA) is 119 Å². The molecule has 1 aliphatic rings. The zero-order chi connectivity index (χ0) is 27.6. The maximum Gasteiger partial charge on any atom is 0.333 e. The van der Waals surface area contributed by atoms with Gasteiger partial charge in [-0.3, -0.25) is 0 Å². The highest BCUT2D eigenvalue weighted by Gasteiger charge is 2.20. The van der Waals surface area contributed by atoms with Gasteiger partial charge in [-0.05, 0) is 48.9 Å². The number of ether oxygens (including phenoxy) is 4. The molecule has 1 fully saturated rings. The van der Waals surface area contributed by atoms with Crippen LogP contribution in [0.1, 0.15) is 12.5 Å². The molecule has 0 saturated carbocycles. The highest BCUT2D eigenvalue weighted by atomic mass is 16.5. The molecule has 0 amide bonds. The van der Waals surface area contributed by atoms with Gasteiger partial charge >= 0.3 is 5.97 Å². The van der Waals surface area contributed by atoms with Crippen LogP contribution in [-0.4, -0.2) is 92.4 Å². The molecule has 3 aromatic rings. The van der Waals surface area contributed by atoms with E-state index in [9.17, 15) is 9.90 Å². The Labute approximate surface area is 228 Å². The van der Waals surface area contributed by atoms with Crippen molar-refractivity contribution in [2.75, 3.05) is 70.0 Å². The van der Waals surface area contributed by atoms with E-state index < -0.39 is 12.1 Å². The lowest BCUT2D eigenvalue weighted by Gasteiger charge is -2.28. The summed E-state index contributed by atoms with van der Waals surface area (Å²) in [5.74, 6) is 2.24. The normalized spacial score (nSPS) is 14.1. The van der Waals surface area contributed by atoms with Crippen molar-refractivity contribution in [2.45, 2.75) is 19.4 Å². The van der Waals surface area contributed by atoms with Crippen LogP contribution in [0.15, 0.2) is 48.5 Å². The number of methoxy groups -OCH3 is 1. The molecule has 11 nitrogen and oxygen atoms in total. The zero-order valence-electron chi connectivity index (χ0n) is 22.6. The standard InChI is InChI=1S/C28H35N5O6/c1-4-38-24(26(34)35)19-20-5-9-23(10-6-20)39-18-13-32(2)27-29-25(21-7-11-22(36-3)12-8-21)30-28(31-27)33-14-16-37-17-15-33/h5-12,24H,4,13-19H2,1-3H3,(H,34,35). The van der Waals surface area contributed by atoms with Gasteiger partial charge in [0.05, 0.1) is 26.9 Å². The Hall–Kier alpha value is -3.96. The molecule has 1 aliphatic heterocycles. The van der Waals surface area contributed by atoms with Crippen LogP contribution in [0.2, 0.25) is 0 Å². The minimum absolute atomic E-state index is 0.299. The van der Waals surface area contributed by atoms with Crippen LogP contribution in [0.4, 0.5) is 11.9 Å². The zero-order valence-corrected chi connectivity index (χ0v) is 22.6. The van der Waals surface area contributed by atoms with E-state index in [1.807, 2.05) is 60.5 Å². The average molecular weight is 538 g/mol. The van der Waals surface area contributed by atoms with Crippen LogP contribution >= 0.6 is 0 Å². The summed E-state index contributed by atoms with van der Waals surface area (Å²) in [4.78, 5) is 29.6. The number of morpholine rings is 1. The lowest BCUT2D eigenvalue weighted by Crippen LogP contribution is -2.38. The Morgan fingerprint density at radius 2 is 1.74 bits per heavy atom. The molecule has 4 rings (SSSR count). The maximum absolute atomic E-state index is 11.3. The molecule has 1 unspecified atom stereocenters. The maximum atomic E-state index is 11.3. The fraction of sp³-hybridized carbons (Fsp3) is 0.429. The second kappa shape index (κ2) is 13.7. The summed E-state index contributed by atoms with van der Waals surface area (Å²) >= 11 is 0. The van der Waals surface area contributed by atoms with Gasteiger partial charge in [-0.2, -0.15) is 15.0 Å². The van der Waals surface area contributed by atoms with Gasteiger partial charge in [0.25, 0.3) is 0 Å². The molecule has 2 heterocycles. The van der Waals surface area contributed by atoms with Crippen LogP contribution in [0.5, 0.6) is 11.5 Å². The van der Waals surface area contributed by atoms with Gasteiger partial charge in [0.1, 0.15) is 18.1 Å². The molecular weight excluding hydrogens is 502 g/mol. The van der Waals surface area contributed by atoms with Crippen molar-refractivity contribution in [2.24, 2.45) is 0 Å². The first-order valence-corrected chi connectivity index (χ1v) is 13.0. The van der Waals surface area contributed by atoms with Crippen LogP contribution in [0, 0.1) is 0 Å². The summed E-state index contributed by atoms with van der Waals surface area (Å²) in [7, 11) is 3.55. The molecule has 208 valence electrons. The second-order valence-corrected chi connectivity index (χ2v) is 8.99. The van der Waals surface area contributed by atoms with Crippen LogP contribution in [0.25, 0.3) is 11.4 Å². The van der Waals surface area contributed by atoms with Gasteiger partial charge < -0.3 is 33.9 Å². The van der Waals surface area contributed by atoms with E-state index in [-0.39, 0.29) is 0 Å². The first-order valence-electron chi connectivity index (χ1n) is 13.0. The smallest absolute Gasteiger partial charge is 0.333 e. The van der Waals surface area contributed by atoms with Crippen LogP contribution in [0.3, 0.4) is 0 Å². The third kappa shape index (κ3) is 7.78. The Morgan fingerprint density at radius 3 is 2.38 bits per heavy atom. The largest absolute Gasteiger partial charge is 0.497 e. The number of anilines is 2. The van der Waals surface area contributed by atoms with Crippen molar-refractivity contribution in [3.05, 3.63) is 54.1 Å². The van der Waals surface area contributed by atoms with Crippen LogP contribution < -0.4 is 19.3 Å². The Kier molecular flexibility index (Phi) is 9.87. The number of benzene rings is 2. The van der Waals surface area contributed by atoms with Gasteiger partial charge in [-0.1, -0.05) is 12.1 Å². The number of nitrogens with zero attached hydrogens (tertiary/aromatic N) is 5. The van der Waals surface area contributed by atoms with E-state index in [1.165, 1.54) is 0 Å². The van der Waals surface area contributed by atoms with Gasteiger partial charge in [-0.25, -0.2) is 4.79 Å². The lowest BCUT2D eigenvalue weighted by atomic mass is 10.1. The molecule has 1 atom stereocenters. The number of hydrogen-bond donors (Lipinski definition) is 1. The third-order valence-electron chi connectivity index (χ3n) is 6.28. The van der Waals surface area contributed by atoms with Gasteiger partial charge in [0.15, 0.2) is 11.9 Å². The van der Waals surface area contributed by atoms with Crippen molar-refractivity contribution in [1.82, 2.24) is 15.0 Å². The van der Waals surface area contributed by atoms with Crippen LogP contribution in [-0.2, 0) is 20.7 Å². The highest BCUT2D eigenvalue weighted by Crippen LogP contribution is 2.24. The minimum Gasteiger partial charge on any atom is -0.497 e. The van der Waals surface area contributed by atoms with Gasteiger partial charge in [-0.15, -0.1) is 0 Å². The first-order chi connectivity index (χ1) is 19.0. The van der Waals surface area contributed by atoms with E-state index >= 15 is 0 Å². The average Bonchev–Trinajstić information content (AvgIpc) is 2.98. The molecule has 39 heavy (non-hydrogen) atoms. The number of aromatic nitrogens is 3. The predicted molar refractivity (Wildman–Crippen MR) is 147 cm³/mol. The van der Waals surface area contributed by atoms with E-state index in [0.29, 0.717) is 76.0 Å². The number of carbonyl (C=O) groups is 1. The van der Waals surface area contributed by atoms with E-state index in [4.69, 9.17) is 33.9 Å². The Balaban J connectivity index is 1.42. The van der Waals surface area contributed by atoms with Crippen molar-refractivity contribution < 1.29 is 28.8 Å². The molecular formula is C28H35N5O6. The first kappa shape index (κ1) is 28.1. The van der Waals surface area contributed by atoms with Gasteiger partial charge in [0, 0.05) is 38.7 Å². The van der Waals surface area contributed by atoms with Crippen molar-refractivity contribution in [3.63, 3.8) is 0 Å². The second-order valence-electron chi connectivity index (χ2n) is 8.99. The molecule has 0 aliphatic carbocycles. The molecule has 0 bridgehead atoms. The summed E-state index contributed by atoms with van der Waals surface area (Å²) in [6.45, 7) is 5.77. The number of carboxylic acids is 1. The molecule has 0 radical (unpaired) electrons. The molecule has 2 aromatic carbocycles. The summed E-state index contributed by atoms with van der Waals surface area (Å²) in [5, 5.41) is 9.29.